The number of benzene rings is 2. The van der Waals surface area contributed by atoms with Gasteiger partial charge in [0.15, 0.2) is 5.82 Å². The number of para-hydroxylation sites is 1. The summed E-state index contributed by atoms with van der Waals surface area (Å²) in [6.45, 7) is 1.58. The molecule has 1 atom stereocenters. The van der Waals surface area contributed by atoms with Gasteiger partial charge in [-0.2, -0.15) is 5.10 Å². The maximum absolute atomic E-state index is 13.2. The molecule has 1 aliphatic heterocycles. The summed E-state index contributed by atoms with van der Waals surface area (Å²) in [6, 6.07) is 18.1. The first-order valence-electron chi connectivity index (χ1n) is 10.1. The van der Waals surface area contributed by atoms with Crippen LogP contribution in [0.5, 0.6) is 0 Å². The van der Waals surface area contributed by atoms with Gasteiger partial charge in [-0.05, 0) is 54.8 Å². The van der Waals surface area contributed by atoms with Crippen molar-refractivity contribution in [1.82, 2.24) is 20.5 Å². The molecule has 152 valence electrons. The van der Waals surface area contributed by atoms with Crippen molar-refractivity contribution >= 4 is 22.6 Å². The third-order valence-electron chi connectivity index (χ3n) is 5.57. The Balaban J connectivity index is 1.27. The maximum Gasteiger partial charge on any atom is 0.268 e. The van der Waals surface area contributed by atoms with E-state index in [1.807, 2.05) is 36.4 Å². The van der Waals surface area contributed by atoms with E-state index >= 15 is 0 Å². The second kappa shape index (κ2) is 7.67. The largest absolute Gasteiger partial charge is 0.353 e. The predicted molar refractivity (Wildman–Crippen MR) is 115 cm³/mol. The molecule has 30 heavy (non-hydrogen) atoms. The fourth-order valence-corrected chi connectivity index (χ4v) is 4.01. The summed E-state index contributed by atoms with van der Waals surface area (Å²) in [7, 11) is 0. The first-order chi connectivity index (χ1) is 14.7. The van der Waals surface area contributed by atoms with Crippen molar-refractivity contribution in [2.45, 2.75) is 18.9 Å². The average Bonchev–Trinajstić information content (AvgIpc) is 3.42. The third-order valence-corrected chi connectivity index (χ3v) is 5.57. The lowest BCUT2D eigenvalue weighted by atomic mass is 10.1. The number of halogens is 1. The summed E-state index contributed by atoms with van der Waals surface area (Å²) in [5.74, 6) is 0.481. The zero-order chi connectivity index (χ0) is 20.5. The molecule has 1 amide bonds. The molecule has 0 aliphatic carbocycles. The van der Waals surface area contributed by atoms with Crippen LogP contribution in [0.1, 0.15) is 23.3 Å². The quantitative estimate of drug-likeness (QED) is 0.480. The first kappa shape index (κ1) is 18.4. The van der Waals surface area contributed by atoms with Crippen molar-refractivity contribution in [2.24, 2.45) is 0 Å². The van der Waals surface area contributed by atoms with Crippen LogP contribution in [0.15, 0.2) is 60.7 Å². The van der Waals surface area contributed by atoms with E-state index < -0.39 is 0 Å². The molecule has 1 aliphatic rings. The maximum atomic E-state index is 13.2. The number of aromatic amines is 2. The molecule has 0 bridgehead atoms. The van der Waals surface area contributed by atoms with Gasteiger partial charge in [-0.25, -0.2) is 4.39 Å². The molecular formula is C23H22FN5O. The summed E-state index contributed by atoms with van der Waals surface area (Å²) in [5.41, 5.74) is 3.26. The number of H-pyrrole nitrogens is 2. The molecule has 7 heteroatoms. The Morgan fingerprint density at radius 1 is 1.13 bits per heavy atom. The van der Waals surface area contributed by atoms with Gasteiger partial charge >= 0.3 is 0 Å². The zero-order valence-corrected chi connectivity index (χ0v) is 16.4. The van der Waals surface area contributed by atoms with Crippen molar-refractivity contribution < 1.29 is 9.18 Å². The van der Waals surface area contributed by atoms with Gasteiger partial charge in [-0.3, -0.25) is 9.89 Å². The summed E-state index contributed by atoms with van der Waals surface area (Å²) >= 11 is 0. The van der Waals surface area contributed by atoms with Gasteiger partial charge in [0.2, 0.25) is 0 Å². The minimum absolute atomic E-state index is 0.0450. The number of amides is 1. The molecule has 0 saturated carbocycles. The lowest BCUT2D eigenvalue weighted by Gasteiger charge is -2.33. The Hall–Kier alpha value is -3.61. The van der Waals surface area contributed by atoms with Crippen LogP contribution in [0.2, 0.25) is 0 Å². The van der Waals surface area contributed by atoms with Crippen molar-refractivity contribution in [1.29, 1.82) is 0 Å². The molecule has 6 nitrogen and oxygen atoms in total. The van der Waals surface area contributed by atoms with Crippen LogP contribution >= 0.6 is 0 Å². The fraction of sp³-hybridized carbons (Fsp3) is 0.217. The van der Waals surface area contributed by atoms with Gasteiger partial charge in [-0.1, -0.05) is 18.2 Å². The lowest BCUT2D eigenvalue weighted by Crippen LogP contribution is -2.48. The van der Waals surface area contributed by atoms with Crippen LogP contribution in [0.3, 0.4) is 0 Å². The van der Waals surface area contributed by atoms with E-state index in [1.54, 1.807) is 12.1 Å². The topological polar surface area (TPSA) is 76.8 Å². The lowest BCUT2D eigenvalue weighted by molar-refractivity contribution is 0.0929. The van der Waals surface area contributed by atoms with E-state index in [0.717, 1.165) is 47.4 Å². The number of carbonyl (C=O) groups excluding carboxylic acids is 1. The highest BCUT2D eigenvalue weighted by Crippen LogP contribution is 2.24. The summed E-state index contributed by atoms with van der Waals surface area (Å²) in [4.78, 5) is 18.1. The van der Waals surface area contributed by atoms with E-state index in [4.69, 9.17) is 0 Å². The van der Waals surface area contributed by atoms with Gasteiger partial charge in [-0.15, -0.1) is 0 Å². The summed E-state index contributed by atoms with van der Waals surface area (Å²) < 4.78 is 13.2. The number of carbonyl (C=O) groups is 1. The smallest absolute Gasteiger partial charge is 0.268 e. The number of piperidine rings is 1. The number of hydrogen-bond acceptors (Lipinski definition) is 3. The normalized spacial score (nSPS) is 16.7. The second-order valence-corrected chi connectivity index (χ2v) is 7.68. The van der Waals surface area contributed by atoms with Crippen LogP contribution in [0.4, 0.5) is 10.2 Å². The Kier molecular flexibility index (Phi) is 4.71. The summed E-state index contributed by atoms with van der Waals surface area (Å²) in [6.07, 6.45) is 1.90. The number of nitrogens with zero attached hydrogens (tertiary/aromatic N) is 2. The van der Waals surface area contributed by atoms with Crippen LogP contribution < -0.4 is 10.2 Å². The monoisotopic (exact) mass is 403 g/mol. The molecular weight excluding hydrogens is 381 g/mol. The second-order valence-electron chi connectivity index (χ2n) is 7.68. The standard InChI is InChI=1S/C23H22FN5O/c24-17-9-7-15(8-10-17)20-13-22(28-27-20)29-11-3-5-18(14-29)25-23(30)21-12-16-4-1-2-6-19(16)26-21/h1-2,4,6-10,12-13,18,26H,3,5,11,14H2,(H,25,30)(H,27,28). The Morgan fingerprint density at radius 2 is 1.97 bits per heavy atom. The van der Waals surface area contributed by atoms with Crippen LogP contribution in [0, 0.1) is 5.82 Å². The molecule has 2 aromatic carbocycles. The summed E-state index contributed by atoms with van der Waals surface area (Å²) in [5, 5.41) is 11.6. The van der Waals surface area contributed by atoms with E-state index in [2.05, 4.69) is 25.4 Å². The van der Waals surface area contributed by atoms with Gasteiger partial charge in [0, 0.05) is 36.1 Å². The van der Waals surface area contributed by atoms with Crippen LogP contribution in [0.25, 0.3) is 22.2 Å². The highest BCUT2D eigenvalue weighted by molar-refractivity contribution is 5.98. The molecule has 0 spiro atoms. The van der Waals surface area contributed by atoms with Gasteiger partial charge in [0.1, 0.15) is 11.5 Å². The number of anilines is 1. The first-order valence-corrected chi connectivity index (χ1v) is 10.1. The van der Waals surface area contributed by atoms with Crippen LogP contribution in [-0.4, -0.2) is 40.2 Å². The number of nitrogens with one attached hydrogen (secondary N) is 3. The van der Waals surface area contributed by atoms with Crippen molar-refractivity contribution in [3.63, 3.8) is 0 Å². The minimum atomic E-state index is -0.261. The number of aromatic nitrogens is 3. The highest BCUT2D eigenvalue weighted by Gasteiger charge is 2.24. The third kappa shape index (κ3) is 3.66. The average molecular weight is 403 g/mol. The van der Waals surface area contributed by atoms with Crippen LogP contribution in [-0.2, 0) is 0 Å². The minimum Gasteiger partial charge on any atom is -0.353 e. The molecule has 3 heterocycles. The molecule has 1 unspecified atom stereocenters. The number of hydrogen-bond donors (Lipinski definition) is 3. The molecule has 5 rings (SSSR count). The van der Waals surface area contributed by atoms with Crippen molar-refractivity contribution in [2.75, 3.05) is 18.0 Å². The van der Waals surface area contributed by atoms with Gasteiger partial charge in [0.05, 0.1) is 5.69 Å². The van der Waals surface area contributed by atoms with Gasteiger partial charge < -0.3 is 15.2 Å². The Labute approximate surface area is 173 Å². The molecule has 3 N–H and O–H groups in total. The van der Waals surface area contributed by atoms with E-state index in [9.17, 15) is 9.18 Å². The van der Waals surface area contributed by atoms with E-state index in [1.165, 1.54) is 12.1 Å². The number of rotatable bonds is 4. The Morgan fingerprint density at radius 3 is 2.80 bits per heavy atom. The molecule has 4 aromatic rings. The van der Waals surface area contributed by atoms with E-state index in [-0.39, 0.29) is 17.8 Å². The number of fused-ring (bicyclic) bond motifs is 1. The van der Waals surface area contributed by atoms with Crippen molar-refractivity contribution in [3.05, 3.63) is 72.2 Å². The SMILES string of the molecule is O=C(NC1CCCN(c2cc(-c3ccc(F)cc3)[nH]n2)C1)c1cc2ccccc2[nH]1. The molecule has 1 saturated heterocycles. The van der Waals surface area contributed by atoms with Crippen molar-refractivity contribution in [3.8, 4) is 11.3 Å². The Bertz CT molecular complexity index is 1150. The van der Waals surface area contributed by atoms with Gasteiger partial charge in [0.25, 0.3) is 5.91 Å². The predicted octanol–water partition coefficient (Wildman–Crippen LogP) is 4.10. The highest BCUT2D eigenvalue weighted by atomic mass is 19.1. The molecule has 0 radical (unpaired) electrons. The zero-order valence-electron chi connectivity index (χ0n) is 16.4. The molecule has 1 fully saturated rings. The molecule has 2 aromatic heterocycles. The fourth-order valence-electron chi connectivity index (χ4n) is 4.01. The van der Waals surface area contributed by atoms with E-state index in [0.29, 0.717) is 12.2 Å².